The number of benzene rings is 2. The van der Waals surface area contributed by atoms with E-state index in [1.807, 2.05) is 0 Å². The molecule has 0 unspecified atom stereocenters. The van der Waals surface area contributed by atoms with Gasteiger partial charge < -0.3 is 10.2 Å². The topological polar surface area (TPSA) is 74.6 Å². The number of halogens is 4. The van der Waals surface area contributed by atoms with Gasteiger partial charge in [-0.15, -0.1) is 0 Å². The summed E-state index contributed by atoms with van der Waals surface area (Å²) in [5, 5.41) is 17.3. The van der Waals surface area contributed by atoms with Crippen LogP contribution >= 0.6 is 23.2 Å². The highest BCUT2D eigenvalue weighted by Crippen LogP contribution is 2.37. The molecule has 0 saturated carbocycles. The predicted molar refractivity (Wildman–Crippen MR) is 75.7 cm³/mol. The minimum absolute atomic E-state index is 0.280. The fourth-order valence-electron chi connectivity index (χ4n) is 1.94. The third-order valence-corrected chi connectivity index (χ3v) is 3.53. The van der Waals surface area contributed by atoms with Gasteiger partial charge in [-0.05, 0) is 24.3 Å². The SMILES string of the molecule is O=C(O)c1cc(F)cc(-c2cc(F)cc(Cl)c2C(=O)O)c1Cl. The first-order valence-electron chi connectivity index (χ1n) is 5.67. The minimum atomic E-state index is -1.51. The van der Waals surface area contributed by atoms with Crippen LogP contribution in [0.25, 0.3) is 11.1 Å². The highest BCUT2D eigenvalue weighted by molar-refractivity contribution is 6.37. The summed E-state index contributed by atoms with van der Waals surface area (Å²) >= 11 is 11.6. The summed E-state index contributed by atoms with van der Waals surface area (Å²) in [5.41, 5.74) is -1.68. The Morgan fingerprint density at radius 2 is 1.41 bits per heavy atom. The molecule has 2 aromatic carbocycles. The fraction of sp³-hybridized carbons (Fsp3) is 0. The molecule has 2 N–H and O–H groups in total. The zero-order valence-electron chi connectivity index (χ0n) is 10.5. The minimum Gasteiger partial charge on any atom is -0.478 e. The van der Waals surface area contributed by atoms with Gasteiger partial charge in [-0.3, -0.25) is 0 Å². The lowest BCUT2D eigenvalue weighted by Crippen LogP contribution is -2.05. The molecule has 0 saturated heterocycles. The number of aromatic carboxylic acids is 2. The summed E-state index contributed by atoms with van der Waals surface area (Å²) in [6.07, 6.45) is 0. The Kier molecular flexibility index (Phi) is 4.35. The van der Waals surface area contributed by atoms with Gasteiger partial charge in [0.1, 0.15) is 11.6 Å². The summed E-state index contributed by atoms with van der Waals surface area (Å²) in [6, 6.07) is 3.06. The molecule has 114 valence electrons. The summed E-state index contributed by atoms with van der Waals surface area (Å²) in [5.74, 6) is -4.84. The molecule has 0 aromatic heterocycles. The monoisotopic (exact) mass is 346 g/mol. The van der Waals surface area contributed by atoms with Crippen molar-refractivity contribution in [2.24, 2.45) is 0 Å². The molecule has 0 heterocycles. The van der Waals surface area contributed by atoms with Crippen molar-refractivity contribution in [1.82, 2.24) is 0 Å². The van der Waals surface area contributed by atoms with E-state index in [2.05, 4.69) is 0 Å². The molecule has 0 spiro atoms. The van der Waals surface area contributed by atoms with Gasteiger partial charge in [-0.1, -0.05) is 23.2 Å². The molecule has 0 aliphatic carbocycles. The Morgan fingerprint density at radius 1 is 0.864 bits per heavy atom. The van der Waals surface area contributed by atoms with Crippen molar-refractivity contribution in [1.29, 1.82) is 0 Å². The zero-order valence-corrected chi connectivity index (χ0v) is 12.0. The van der Waals surface area contributed by atoms with Gasteiger partial charge >= 0.3 is 11.9 Å². The maximum absolute atomic E-state index is 13.6. The molecular formula is C14H6Cl2F2O4. The highest BCUT2D eigenvalue weighted by Gasteiger charge is 2.23. The van der Waals surface area contributed by atoms with Gasteiger partial charge in [-0.25, -0.2) is 18.4 Å². The van der Waals surface area contributed by atoms with E-state index >= 15 is 0 Å². The summed E-state index contributed by atoms with van der Waals surface area (Å²) < 4.78 is 27.1. The van der Waals surface area contributed by atoms with Crippen LogP contribution < -0.4 is 0 Å². The molecule has 0 atom stereocenters. The smallest absolute Gasteiger partial charge is 0.337 e. The van der Waals surface area contributed by atoms with E-state index in [9.17, 15) is 23.5 Å². The zero-order chi connectivity index (χ0) is 16.6. The summed E-state index contributed by atoms with van der Waals surface area (Å²) in [6.45, 7) is 0. The fourth-order valence-corrected chi connectivity index (χ4v) is 2.52. The second-order valence-corrected chi connectivity index (χ2v) is 5.02. The molecule has 2 rings (SSSR count). The molecule has 8 heteroatoms. The van der Waals surface area contributed by atoms with E-state index in [4.69, 9.17) is 28.3 Å². The number of carboxylic acid groups (broad SMARTS) is 2. The van der Waals surface area contributed by atoms with Gasteiger partial charge in [0.05, 0.1) is 21.2 Å². The summed E-state index contributed by atoms with van der Waals surface area (Å²) in [4.78, 5) is 22.3. The van der Waals surface area contributed by atoms with Gasteiger partial charge in [0.15, 0.2) is 0 Å². The second-order valence-electron chi connectivity index (χ2n) is 4.24. The van der Waals surface area contributed by atoms with Crippen LogP contribution in [0.2, 0.25) is 10.0 Å². The van der Waals surface area contributed by atoms with Gasteiger partial charge in [-0.2, -0.15) is 0 Å². The maximum Gasteiger partial charge on any atom is 0.337 e. The van der Waals surface area contributed by atoms with E-state index in [1.54, 1.807) is 0 Å². The van der Waals surface area contributed by atoms with Gasteiger partial charge in [0.25, 0.3) is 0 Å². The van der Waals surface area contributed by atoms with Crippen LogP contribution in [0.4, 0.5) is 8.78 Å². The lowest BCUT2D eigenvalue weighted by Gasteiger charge is -2.12. The number of carbonyl (C=O) groups is 2. The van der Waals surface area contributed by atoms with Gasteiger partial charge in [0.2, 0.25) is 0 Å². The predicted octanol–water partition coefficient (Wildman–Crippen LogP) is 4.34. The quantitative estimate of drug-likeness (QED) is 0.866. The molecule has 0 amide bonds. The Morgan fingerprint density at radius 3 is 1.95 bits per heavy atom. The average Bonchev–Trinajstić information content (AvgIpc) is 2.39. The maximum atomic E-state index is 13.6. The molecular weight excluding hydrogens is 341 g/mol. The van der Waals surface area contributed by atoms with Crippen LogP contribution in [0.1, 0.15) is 20.7 Å². The molecule has 0 bridgehead atoms. The van der Waals surface area contributed by atoms with E-state index in [-0.39, 0.29) is 11.1 Å². The molecule has 22 heavy (non-hydrogen) atoms. The molecule has 4 nitrogen and oxygen atoms in total. The molecule has 0 radical (unpaired) electrons. The van der Waals surface area contributed by atoms with Crippen LogP contribution in [0.15, 0.2) is 24.3 Å². The van der Waals surface area contributed by atoms with Crippen LogP contribution in [0, 0.1) is 11.6 Å². The van der Waals surface area contributed by atoms with E-state index in [0.717, 1.165) is 18.2 Å². The Bertz CT molecular complexity index is 806. The Labute approximate surface area is 132 Å². The normalized spacial score (nSPS) is 10.5. The Balaban J connectivity index is 2.88. The highest BCUT2D eigenvalue weighted by atomic mass is 35.5. The van der Waals surface area contributed by atoms with Crippen molar-refractivity contribution in [3.8, 4) is 11.1 Å². The second kappa shape index (κ2) is 5.90. The van der Waals surface area contributed by atoms with E-state index in [0.29, 0.717) is 6.07 Å². The van der Waals surface area contributed by atoms with Crippen molar-refractivity contribution in [2.45, 2.75) is 0 Å². The van der Waals surface area contributed by atoms with Crippen LogP contribution in [-0.2, 0) is 0 Å². The van der Waals surface area contributed by atoms with Crippen LogP contribution in [0.5, 0.6) is 0 Å². The first kappa shape index (κ1) is 16.2. The number of rotatable bonds is 3. The first-order valence-corrected chi connectivity index (χ1v) is 6.43. The standard InChI is InChI=1S/C14H6Cl2F2O4/c15-10-4-6(18)1-7(11(10)14(21)22)8-2-5(17)3-9(12(8)16)13(19)20/h1-4H,(H,19,20)(H,21,22). The largest absolute Gasteiger partial charge is 0.478 e. The average molecular weight is 347 g/mol. The number of hydrogen-bond donors (Lipinski definition) is 2. The van der Waals surface area contributed by atoms with Gasteiger partial charge in [0, 0.05) is 11.1 Å². The summed E-state index contributed by atoms with van der Waals surface area (Å²) in [7, 11) is 0. The van der Waals surface area contributed by atoms with Crippen molar-refractivity contribution >= 4 is 35.1 Å². The van der Waals surface area contributed by atoms with Crippen molar-refractivity contribution in [3.63, 3.8) is 0 Å². The molecule has 0 fully saturated rings. The van der Waals surface area contributed by atoms with Crippen molar-refractivity contribution < 1.29 is 28.6 Å². The third kappa shape index (κ3) is 2.88. The molecule has 0 aliphatic rings. The van der Waals surface area contributed by atoms with Crippen molar-refractivity contribution in [3.05, 3.63) is 57.1 Å². The molecule has 0 aliphatic heterocycles. The van der Waals surface area contributed by atoms with Crippen LogP contribution in [-0.4, -0.2) is 22.2 Å². The lowest BCUT2D eigenvalue weighted by molar-refractivity contribution is 0.0687. The van der Waals surface area contributed by atoms with Crippen LogP contribution in [0.3, 0.4) is 0 Å². The van der Waals surface area contributed by atoms with Crippen molar-refractivity contribution in [2.75, 3.05) is 0 Å². The third-order valence-electron chi connectivity index (χ3n) is 2.83. The Hall–Kier alpha value is -2.18. The van der Waals surface area contributed by atoms with E-state index < -0.39 is 44.7 Å². The molecule has 2 aromatic rings. The first-order chi connectivity index (χ1) is 10.2. The lowest BCUT2D eigenvalue weighted by atomic mass is 9.97. The number of carboxylic acids is 2. The van der Waals surface area contributed by atoms with E-state index in [1.165, 1.54) is 0 Å². The number of hydrogen-bond acceptors (Lipinski definition) is 2.